The fourth-order valence-corrected chi connectivity index (χ4v) is 3.74. The average Bonchev–Trinajstić information content (AvgIpc) is 3.07. The third-order valence-electron chi connectivity index (χ3n) is 4.24. The quantitative estimate of drug-likeness (QED) is 0.439. The Kier molecular flexibility index (Phi) is 8.67. The number of thiophene rings is 1. The number of rotatable bonds is 10. The van der Waals surface area contributed by atoms with Crippen molar-refractivity contribution in [2.75, 3.05) is 32.7 Å². The molecule has 2 rings (SSSR count). The van der Waals surface area contributed by atoms with Gasteiger partial charge in [-0.2, -0.15) is 0 Å². The number of hydrogen-bond acceptors (Lipinski definition) is 7. The highest BCUT2D eigenvalue weighted by atomic mass is 32.1. The predicted octanol–water partition coefficient (Wildman–Crippen LogP) is 3.40. The molecule has 8 nitrogen and oxygen atoms in total. The average molecular weight is 435 g/mol. The van der Waals surface area contributed by atoms with E-state index in [4.69, 9.17) is 14.2 Å². The molecule has 2 amide bonds. The number of esters is 1. The first-order valence-electron chi connectivity index (χ1n) is 9.47. The molecule has 0 bridgehead atoms. The Labute approximate surface area is 179 Å². The third kappa shape index (κ3) is 5.96. The topological polar surface area (TPSA) is 103 Å². The number of unbranched alkanes of at least 4 members (excludes halogenated alkanes) is 1. The second-order valence-corrected chi connectivity index (χ2v) is 7.39. The standard InChI is InChI=1S/C21H26N2O6S/c1-5-6-11-22-19(25)18-13(2)17(21(26)28-4)20(30-18)23-16(24)12-29-15-9-7-14(27-3)8-10-15/h7-10H,5-6,11-12H2,1-4H3,(H,22,25)(H,23,24). The van der Waals surface area contributed by atoms with Gasteiger partial charge in [0.1, 0.15) is 16.5 Å². The summed E-state index contributed by atoms with van der Waals surface area (Å²) in [5.74, 6) is -0.199. The predicted molar refractivity (Wildman–Crippen MR) is 115 cm³/mol. The Morgan fingerprint density at radius 2 is 1.73 bits per heavy atom. The molecule has 0 aliphatic rings. The number of anilines is 1. The first-order chi connectivity index (χ1) is 14.4. The number of hydrogen-bond donors (Lipinski definition) is 2. The van der Waals surface area contributed by atoms with Crippen LogP contribution in [0.4, 0.5) is 5.00 Å². The Hall–Kier alpha value is -3.07. The maximum Gasteiger partial charge on any atom is 0.341 e. The van der Waals surface area contributed by atoms with E-state index in [1.54, 1.807) is 38.3 Å². The van der Waals surface area contributed by atoms with Gasteiger partial charge in [-0.3, -0.25) is 9.59 Å². The molecule has 1 aromatic carbocycles. The van der Waals surface area contributed by atoms with Gasteiger partial charge in [-0.05, 0) is 43.2 Å². The van der Waals surface area contributed by atoms with Gasteiger partial charge in [0, 0.05) is 6.54 Å². The fourth-order valence-electron chi connectivity index (χ4n) is 2.61. The number of carbonyl (C=O) groups is 3. The smallest absolute Gasteiger partial charge is 0.341 e. The molecular weight excluding hydrogens is 408 g/mol. The molecule has 0 atom stereocenters. The van der Waals surface area contributed by atoms with Crippen LogP contribution in [0.15, 0.2) is 24.3 Å². The molecule has 162 valence electrons. The monoisotopic (exact) mass is 434 g/mol. The highest BCUT2D eigenvalue weighted by Gasteiger charge is 2.26. The molecule has 0 aliphatic heterocycles. The fraction of sp³-hybridized carbons (Fsp3) is 0.381. The summed E-state index contributed by atoms with van der Waals surface area (Å²) >= 11 is 1.03. The van der Waals surface area contributed by atoms with Crippen LogP contribution in [0.25, 0.3) is 0 Å². The van der Waals surface area contributed by atoms with E-state index in [1.807, 2.05) is 6.92 Å². The largest absolute Gasteiger partial charge is 0.497 e. The van der Waals surface area contributed by atoms with E-state index in [0.29, 0.717) is 28.5 Å². The highest BCUT2D eigenvalue weighted by molar-refractivity contribution is 7.18. The van der Waals surface area contributed by atoms with E-state index in [1.165, 1.54) is 7.11 Å². The number of benzene rings is 1. The maximum absolute atomic E-state index is 12.5. The number of ether oxygens (including phenoxy) is 3. The van der Waals surface area contributed by atoms with Crippen molar-refractivity contribution < 1.29 is 28.6 Å². The van der Waals surface area contributed by atoms with Crippen molar-refractivity contribution in [2.24, 2.45) is 0 Å². The van der Waals surface area contributed by atoms with Crippen LogP contribution in [0.2, 0.25) is 0 Å². The zero-order valence-corrected chi connectivity index (χ0v) is 18.3. The van der Waals surface area contributed by atoms with Crippen molar-refractivity contribution in [3.63, 3.8) is 0 Å². The van der Waals surface area contributed by atoms with Crippen LogP contribution in [0.3, 0.4) is 0 Å². The lowest BCUT2D eigenvalue weighted by Gasteiger charge is -2.08. The van der Waals surface area contributed by atoms with Crippen molar-refractivity contribution in [1.29, 1.82) is 0 Å². The van der Waals surface area contributed by atoms with Gasteiger partial charge in [0.25, 0.3) is 11.8 Å². The Balaban J connectivity index is 2.11. The first kappa shape index (κ1) is 23.2. The summed E-state index contributed by atoms with van der Waals surface area (Å²) < 4.78 is 15.4. The Morgan fingerprint density at radius 1 is 1.07 bits per heavy atom. The van der Waals surface area contributed by atoms with Crippen LogP contribution in [0.5, 0.6) is 11.5 Å². The summed E-state index contributed by atoms with van der Waals surface area (Å²) in [6.07, 6.45) is 1.80. The van der Waals surface area contributed by atoms with Crippen molar-refractivity contribution in [3.8, 4) is 11.5 Å². The molecule has 30 heavy (non-hydrogen) atoms. The summed E-state index contributed by atoms with van der Waals surface area (Å²) in [6.45, 7) is 3.96. The molecule has 1 heterocycles. The molecule has 0 saturated carbocycles. The summed E-state index contributed by atoms with van der Waals surface area (Å²) in [5.41, 5.74) is 0.633. The van der Waals surface area contributed by atoms with Gasteiger partial charge >= 0.3 is 5.97 Å². The molecule has 0 aliphatic carbocycles. The molecule has 1 aromatic heterocycles. The van der Waals surface area contributed by atoms with Crippen LogP contribution < -0.4 is 20.1 Å². The normalized spacial score (nSPS) is 10.3. The van der Waals surface area contributed by atoms with E-state index < -0.39 is 11.9 Å². The number of nitrogens with one attached hydrogen (secondary N) is 2. The zero-order chi connectivity index (χ0) is 22.1. The molecule has 0 saturated heterocycles. The Bertz CT molecular complexity index is 892. The second-order valence-electron chi connectivity index (χ2n) is 6.37. The van der Waals surface area contributed by atoms with Crippen LogP contribution in [0.1, 0.15) is 45.4 Å². The van der Waals surface area contributed by atoms with Crippen LogP contribution in [-0.4, -0.2) is 45.2 Å². The summed E-state index contributed by atoms with van der Waals surface area (Å²) in [6, 6.07) is 6.80. The van der Waals surface area contributed by atoms with Gasteiger partial charge in [-0.15, -0.1) is 11.3 Å². The maximum atomic E-state index is 12.5. The SMILES string of the molecule is CCCCNC(=O)c1sc(NC(=O)COc2ccc(OC)cc2)c(C(=O)OC)c1C. The van der Waals surface area contributed by atoms with Gasteiger partial charge in [-0.1, -0.05) is 13.3 Å². The van der Waals surface area contributed by atoms with E-state index >= 15 is 0 Å². The summed E-state index contributed by atoms with van der Waals surface area (Å²) in [5, 5.41) is 5.72. The van der Waals surface area contributed by atoms with E-state index in [9.17, 15) is 14.4 Å². The number of methoxy groups -OCH3 is 2. The van der Waals surface area contributed by atoms with Gasteiger partial charge in [-0.25, -0.2) is 4.79 Å². The number of carbonyl (C=O) groups excluding carboxylic acids is 3. The van der Waals surface area contributed by atoms with E-state index in [2.05, 4.69) is 10.6 Å². The molecule has 0 spiro atoms. The molecule has 2 aromatic rings. The van der Waals surface area contributed by atoms with E-state index in [0.717, 1.165) is 24.2 Å². The highest BCUT2D eigenvalue weighted by Crippen LogP contribution is 2.33. The van der Waals surface area contributed by atoms with Gasteiger partial charge in [0.05, 0.1) is 24.7 Å². The minimum absolute atomic E-state index is 0.168. The van der Waals surface area contributed by atoms with Crippen LogP contribution in [-0.2, 0) is 9.53 Å². The van der Waals surface area contributed by atoms with E-state index in [-0.39, 0.29) is 23.1 Å². The van der Waals surface area contributed by atoms with Gasteiger partial charge < -0.3 is 24.8 Å². The first-order valence-corrected chi connectivity index (χ1v) is 10.3. The molecule has 0 fully saturated rings. The molecular formula is C21H26N2O6S. The van der Waals surface area contributed by atoms with Gasteiger partial charge in [0.15, 0.2) is 6.61 Å². The Morgan fingerprint density at radius 3 is 2.33 bits per heavy atom. The zero-order valence-electron chi connectivity index (χ0n) is 17.5. The molecule has 0 radical (unpaired) electrons. The molecule has 2 N–H and O–H groups in total. The minimum Gasteiger partial charge on any atom is -0.497 e. The lowest BCUT2D eigenvalue weighted by atomic mass is 10.1. The van der Waals surface area contributed by atoms with Gasteiger partial charge in [0.2, 0.25) is 0 Å². The minimum atomic E-state index is -0.622. The molecule has 9 heteroatoms. The second kappa shape index (κ2) is 11.2. The van der Waals surface area contributed by atoms with Crippen LogP contribution in [0, 0.1) is 6.92 Å². The third-order valence-corrected chi connectivity index (χ3v) is 5.45. The van der Waals surface area contributed by atoms with Crippen molar-refractivity contribution in [3.05, 3.63) is 40.3 Å². The van der Waals surface area contributed by atoms with Crippen molar-refractivity contribution >= 4 is 34.1 Å². The lowest BCUT2D eigenvalue weighted by Crippen LogP contribution is -2.24. The summed E-state index contributed by atoms with van der Waals surface area (Å²) in [7, 11) is 2.81. The van der Waals surface area contributed by atoms with Crippen molar-refractivity contribution in [2.45, 2.75) is 26.7 Å². The number of amides is 2. The lowest BCUT2D eigenvalue weighted by molar-refractivity contribution is -0.118. The van der Waals surface area contributed by atoms with Crippen LogP contribution >= 0.6 is 11.3 Å². The summed E-state index contributed by atoms with van der Waals surface area (Å²) in [4.78, 5) is 37.4. The molecule has 0 unspecified atom stereocenters. The van der Waals surface area contributed by atoms with Crippen molar-refractivity contribution in [1.82, 2.24) is 5.32 Å².